The molecule has 1 aromatic heterocycles. The maximum Gasteiger partial charge on any atom is 0.277 e. The minimum absolute atomic E-state index is 0.124. The molecule has 2 heterocycles. The van der Waals surface area contributed by atoms with Gasteiger partial charge in [-0.1, -0.05) is 6.07 Å². The third-order valence-corrected chi connectivity index (χ3v) is 8.99. The predicted octanol–water partition coefficient (Wildman–Crippen LogP) is 0.874. The highest BCUT2D eigenvalue weighted by molar-refractivity contribution is 7.91. The molecule has 11 heteroatoms. The van der Waals surface area contributed by atoms with Crippen LogP contribution in [0.25, 0.3) is 0 Å². The number of fused-ring (bicyclic) bond motifs is 3. The maximum absolute atomic E-state index is 13.0. The van der Waals surface area contributed by atoms with Crippen LogP contribution in [-0.2, 0) is 22.0 Å². The normalized spacial score (nSPS) is 26.3. The molecule has 140 valence electrons. The van der Waals surface area contributed by atoms with E-state index in [1.807, 2.05) is 6.07 Å². The third kappa shape index (κ3) is 1.95. The number of amides is 1. The lowest BCUT2D eigenvalue weighted by Crippen LogP contribution is -2.72. The first-order chi connectivity index (χ1) is 12.8. The Hall–Kier alpha value is -2.53. The number of hydrogen-bond acceptors (Lipinski definition) is 7. The van der Waals surface area contributed by atoms with E-state index in [2.05, 4.69) is 19.4 Å². The van der Waals surface area contributed by atoms with Gasteiger partial charge in [0, 0.05) is 19.2 Å². The molecule has 1 aromatic carbocycles. The number of guanidine groups is 1. The van der Waals surface area contributed by atoms with Crippen LogP contribution in [0.1, 0.15) is 34.5 Å². The molecule has 2 fully saturated rings. The van der Waals surface area contributed by atoms with Gasteiger partial charge >= 0.3 is 0 Å². The highest BCUT2D eigenvalue weighted by atomic mass is 32.2. The van der Waals surface area contributed by atoms with E-state index in [1.165, 1.54) is 13.2 Å². The van der Waals surface area contributed by atoms with Gasteiger partial charge < -0.3 is 10.6 Å². The molecule has 27 heavy (non-hydrogen) atoms. The quantitative estimate of drug-likeness (QED) is 0.681. The summed E-state index contributed by atoms with van der Waals surface area (Å²) in [7, 11) is -2.21. The van der Waals surface area contributed by atoms with Crippen LogP contribution < -0.4 is 10.6 Å². The third-order valence-electron chi connectivity index (χ3n) is 5.86. The lowest BCUT2D eigenvalue weighted by Gasteiger charge is -2.54. The molecule has 2 aliphatic carbocycles. The first kappa shape index (κ1) is 16.6. The molecule has 9 nitrogen and oxygen atoms in total. The summed E-state index contributed by atoms with van der Waals surface area (Å²) in [6.45, 7) is 0. The van der Waals surface area contributed by atoms with Crippen molar-refractivity contribution in [1.82, 2.24) is 18.4 Å². The summed E-state index contributed by atoms with van der Waals surface area (Å²) in [5.41, 5.74) is 1.84. The SMILES string of the molecule is CN1C(=N)N[C@@]2(Cc3ccc(NC(=O)c4cnsn4)cc32)C2(CC2)S1(=O)=O. The molecule has 2 aromatic rings. The van der Waals surface area contributed by atoms with Gasteiger partial charge in [0.2, 0.25) is 16.0 Å². The van der Waals surface area contributed by atoms with Crippen molar-refractivity contribution >= 4 is 39.3 Å². The van der Waals surface area contributed by atoms with Crippen LogP contribution >= 0.6 is 11.7 Å². The zero-order valence-corrected chi connectivity index (χ0v) is 15.9. The topological polar surface area (TPSA) is 128 Å². The summed E-state index contributed by atoms with van der Waals surface area (Å²) >= 11 is 0.955. The van der Waals surface area contributed by atoms with Crippen molar-refractivity contribution in [3.63, 3.8) is 0 Å². The van der Waals surface area contributed by atoms with Crippen LogP contribution in [0.5, 0.6) is 0 Å². The van der Waals surface area contributed by atoms with E-state index in [4.69, 9.17) is 5.41 Å². The van der Waals surface area contributed by atoms with Gasteiger partial charge in [-0.05, 0) is 36.1 Å². The Morgan fingerprint density at radius 2 is 2.19 bits per heavy atom. The number of carbonyl (C=O) groups is 1. The second kappa shape index (κ2) is 5.04. The second-order valence-corrected chi connectivity index (χ2v) is 9.98. The van der Waals surface area contributed by atoms with Gasteiger partial charge in [-0.15, -0.1) is 0 Å². The summed E-state index contributed by atoms with van der Waals surface area (Å²) < 4.78 is 33.9. The standard InChI is InChI=1S/C16H16N6O3S2/c1-22-14(17)20-16(15(4-5-15)27(22,24)25)7-9-2-3-10(6-11(9)16)19-13(23)12-8-18-26-21-12/h2-3,6,8H,4-5,7H2,1H3,(H2,17,20)(H,19,23)/t16-/m1/s1. The van der Waals surface area contributed by atoms with Crippen LogP contribution in [0, 0.1) is 5.41 Å². The monoisotopic (exact) mass is 404 g/mol. The Morgan fingerprint density at radius 3 is 2.85 bits per heavy atom. The van der Waals surface area contributed by atoms with Gasteiger partial charge in [-0.25, -0.2) is 12.7 Å². The number of sulfonamides is 1. The van der Waals surface area contributed by atoms with Crippen molar-refractivity contribution in [3.05, 3.63) is 41.2 Å². The highest BCUT2D eigenvalue weighted by Crippen LogP contribution is 2.63. The Bertz CT molecular complexity index is 1090. The van der Waals surface area contributed by atoms with Crippen LogP contribution in [0.2, 0.25) is 0 Å². The number of nitrogens with one attached hydrogen (secondary N) is 3. The number of benzene rings is 1. The molecule has 1 saturated heterocycles. The fourth-order valence-corrected chi connectivity index (χ4v) is 6.77. The minimum Gasteiger partial charge on any atom is -0.344 e. The summed E-state index contributed by atoms with van der Waals surface area (Å²) in [4.78, 5) is 12.2. The number of nitrogens with zero attached hydrogens (tertiary/aromatic N) is 3. The molecule has 2 spiro atoms. The first-order valence-electron chi connectivity index (χ1n) is 8.38. The largest absolute Gasteiger partial charge is 0.344 e. The number of anilines is 1. The zero-order chi connectivity index (χ0) is 19.0. The van der Waals surface area contributed by atoms with Crippen LogP contribution in [-0.4, -0.2) is 45.1 Å². The van der Waals surface area contributed by atoms with Crippen LogP contribution in [0.15, 0.2) is 24.4 Å². The van der Waals surface area contributed by atoms with Gasteiger partial charge in [0.15, 0.2) is 5.69 Å². The summed E-state index contributed by atoms with van der Waals surface area (Å²) in [6, 6.07) is 5.48. The van der Waals surface area contributed by atoms with Gasteiger partial charge in [0.05, 0.1) is 23.5 Å². The van der Waals surface area contributed by atoms with Crippen molar-refractivity contribution in [1.29, 1.82) is 5.41 Å². The number of rotatable bonds is 2. The average molecular weight is 404 g/mol. The lowest BCUT2D eigenvalue weighted by atomic mass is 9.67. The Morgan fingerprint density at radius 1 is 1.41 bits per heavy atom. The molecule has 1 saturated carbocycles. The van der Waals surface area contributed by atoms with Crippen molar-refractivity contribution in [2.24, 2.45) is 0 Å². The Balaban J connectivity index is 1.53. The summed E-state index contributed by atoms with van der Waals surface area (Å²) in [5.74, 6) is -0.490. The lowest BCUT2D eigenvalue weighted by molar-refractivity contribution is 0.102. The Kier molecular flexibility index (Phi) is 3.11. The number of carbonyl (C=O) groups excluding carboxylic acids is 1. The first-order valence-corrected chi connectivity index (χ1v) is 10.6. The van der Waals surface area contributed by atoms with E-state index in [-0.39, 0.29) is 17.6 Å². The van der Waals surface area contributed by atoms with Crippen LogP contribution in [0.3, 0.4) is 0 Å². The minimum atomic E-state index is -3.62. The van der Waals surface area contributed by atoms with E-state index < -0.39 is 20.3 Å². The van der Waals surface area contributed by atoms with Gasteiger partial charge in [-0.3, -0.25) is 10.2 Å². The molecule has 1 aliphatic heterocycles. The molecule has 3 aliphatic rings. The number of hydrogen-bond donors (Lipinski definition) is 3. The van der Waals surface area contributed by atoms with Crippen molar-refractivity contribution in [2.75, 3.05) is 12.4 Å². The van der Waals surface area contributed by atoms with Crippen LogP contribution in [0.4, 0.5) is 5.69 Å². The fraction of sp³-hybridized carbons (Fsp3) is 0.375. The Labute approximate surface area is 159 Å². The van der Waals surface area contributed by atoms with E-state index in [9.17, 15) is 13.2 Å². The zero-order valence-electron chi connectivity index (χ0n) is 14.3. The van der Waals surface area contributed by atoms with Crippen molar-refractivity contribution in [2.45, 2.75) is 29.5 Å². The van der Waals surface area contributed by atoms with Crippen molar-refractivity contribution < 1.29 is 13.2 Å². The molecule has 0 bridgehead atoms. The van der Waals surface area contributed by atoms with E-state index in [0.717, 1.165) is 27.2 Å². The van der Waals surface area contributed by atoms with Gasteiger partial charge in [-0.2, -0.15) is 8.75 Å². The van der Waals surface area contributed by atoms with Gasteiger partial charge in [0.1, 0.15) is 4.75 Å². The molecule has 3 N–H and O–H groups in total. The molecule has 0 unspecified atom stereocenters. The molecule has 1 amide bonds. The molecular formula is C16H16N6O3S2. The fourth-order valence-electron chi connectivity index (χ4n) is 4.25. The summed E-state index contributed by atoms with van der Waals surface area (Å²) in [5, 5.41) is 14.0. The molecule has 5 rings (SSSR count). The maximum atomic E-state index is 13.0. The predicted molar refractivity (Wildman–Crippen MR) is 99.2 cm³/mol. The molecular weight excluding hydrogens is 388 g/mol. The van der Waals surface area contributed by atoms with E-state index in [0.29, 0.717) is 24.9 Å². The van der Waals surface area contributed by atoms with Gasteiger partial charge in [0.25, 0.3) is 5.91 Å². The van der Waals surface area contributed by atoms with Crippen molar-refractivity contribution in [3.8, 4) is 0 Å². The summed E-state index contributed by atoms with van der Waals surface area (Å²) in [6.07, 6.45) is 3.05. The average Bonchev–Trinajstić information content (AvgIpc) is 3.26. The van der Waals surface area contributed by atoms with E-state index in [1.54, 1.807) is 12.1 Å². The number of aromatic nitrogens is 2. The second-order valence-electron chi connectivity index (χ2n) is 7.14. The molecule has 1 atom stereocenters. The highest BCUT2D eigenvalue weighted by Gasteiger charge is 2.75. The smallest absolute Gasteiger partial charge is 0.277 e. The van der Waals surface area contributed by atoms with E-state index >= 15 is 0 Å². The molecule has 0 radical (unpaired) electrons.